The highest BCUT2D eigenvalue weighted by atomic mass is 35.5. The third kappa shape index (κ3) is 3.28. The molecule has 0 amide bonds. The Morgan fingerprint density at radius 2 is 2.42 bits per heavy atom. The smallest absolute Gasteiger partial charge is 0.287 e. The van der Waals surface area contributed by atoms with Crippen molar-refractivity contribution in [3.63, 3.8) is 0 Å². The summed E-state index contributed by atoms with van der Waals surface area (Å²) in [6.45, 7) is 5.42. The second kappa shape index (κ2) is 6.39. The molecule has 106 valence electrons. The summed E-state index contributed by atoms with van der Waals surface area (Å²) in [5, 5.41) is 7.62. The Morgan fingerprint density at radius 3 is 3.05 bits per heavy atom. The molecule has 19 heavy (non-hydrogen) atoms. The van der Waals surface area contributed by atoms with Crippen molar-refractivity contribution < 1.29 is 4.74 Å². The minimum Gasteiger partial charge on any atom is -0.377 e. The number of anilines is 1. The average molecular weight is 286 g/mol. The van der Waals surface area contributed by atoms with Crippen LogP contribution >= 0.6 is 11.6 Å². The lowest BCUT2D eigenvalue weighted by atomic mass is 10.1. The third-order valence-electron chi connectivity index (χ3n) is 3.43. The first-order valence-corrected chi connectivity index (χ1v) is 7.15. The maximum Gasteiger partial charge on any atom is 0.287 e. The van der Waals surface area contributed by atoms with Crippen LogP contribution in [0.5, 0.6) is 0 Å². The largest absolute Gasteiger partial charge is 0.377 e. The second-order valence-corrected chi connectivity index (χ2v) is 5.25. The molecule has 1 aliphatic heterocycles. The van der Waals surface area contributed by atoms with Gasteiger partial charge >= 0.3 is 0 Å². The fourth-order valence-corrected chi connectivity index (χ4v) is 2.35. The molecule has 2 rings (SSSR count). The van der Waals surface area contributed by atoms with Crippen LogP contribution in [0, 0.1) is 0 Å². The third-order valence-corrected chi connectivity index (χ3v) is 3.79. The van der Waals surface area contributed by atoms with Gasteiger partial charge < -0.3 is 10.1 Å². The first-order chi connectivity index (χ1) is 9.13. The molecule has 1 aliphatic rings. The zero-order valence-electron chi connectivity index (χ0n) is 11.4. The molecule has 0 spiro atoms. The van der Waals surface area contributed by atoms with Gasteiger partial charge in [0.1, 0.15) is 5.02 Å². The molecule has 2 atom stereocenters. The number of aromatic nitrogens is 2. The van der Waals surface area contributed by atoms with E-state index in [1.807, 2.05) is 6.92 Å². The number of nitrogens with one attached hydrogen (secondary N) is 1. The molecule has 2 unspecified atom stereocenters. The van der Waals surface area contributed by atoms with Crippen molar-refractivity contribution in [1.29, 1.82) is 0 Å². The van der Waals surface area contributed by atoms with Crippen molar-refractivity contribution in [1.82, 2.24) is 9.78 Å². The van der Waals surface area contributed by atoms with Crippen LogP contribution in [0.3, 0.4) is 0 Å². The second-order valence-electron chi connectivity index (χ2n) is 4.87. The number of hydrogen-bond acceptors (Lipinski definition) is 4. The highest BCUT2D eigenvalue weighted by Crippen LogP contribution is 2.22. The van der Waals surface area contributed by atoms with Crippen molar-refractivity contribution >= 4 is 17.3 Å². The standard InChI is InChI=1S/C13H20ClN3O2/c1-3-4-6-17-13(18)12(14)11(8-15-17)16-10-5-7-19-9(10)2/h8-10,16H,3-7H2,1-2H3. The van der Waals surface area contributed by atoms with Crippen LogP contribution in [0.15, 0.2) is 11.0 Å². The number of ether oxygens (including phenoxy) is 1. The molecular formula is C13H20ClN3O2. The van der Waals surface area contributed by atoms with Gasteiger partial charge in [0.15, 0.2) is 0 Å². The number of aryl methyl sites for hydroxylation is 1. The summed E-state index contributed by atoms with van der Waals surface area (Å²) in [5.41, 5.74) is 0.369. The molecule has 2 heterocycles. The lowest BCUT2D eigenvalue weighted by molar-refractivity contribution is 0.121. The Kier molecular flexibility index (Phi) is 4.82. The molecular weight excluding hydrogens is 266 g/mol. The van der Waals surface area contributed by atoms with Crippen LogP contribution in [-0.2, 0) is 11.3 Å². The molecule has 0 aromatic carbocycles. The van der Waals surface area contributed by atoms with Gasteiger partial charge in [0.2, 0.25) is 0 Å². The van der Waals surface area contributed by atoms with E-state index in [1.165, 1.54) is 4.68 Å². The predicted octanol–water partition coefficient (Wildman–Crippen LogP) is 2.29. The van der Waals surface area contributed by atoms with Gasteiger partial charge in [0.05, 0.1) is 24.0 Å². The van der Waals surface area contributed by atoms with Crippen molar-refractivity contribution in [2.75, 3.05) is 11.9 Å². The van der Waals surface area contributed by atoms with E-state index in [2.05, 4.69) is 17.3 Å². The van der Waals surface area contributed by atoms with E-state index in [4.69, 9.17) is 16.3 Å². The normalized spacial score (nSPS) is 22.7. The van der Waals surface area contributed by atoms with Crippen LogP contribution in [0.1, 0.15) is 33.1 Å². The SMILES string of the molecule is CCCCn1ncc(NC2CCOC2C)c(Cl)c1=O. The summed E-state index contributed by atoms with van der Waals surface area (Å²) in [6.07, 6.45) is 4.60. The summed E-state index contributed by atoms with van der Waals surface area (Å²) < 4.78 is 6.90. The maximum absolute atomic E-state index is 12.0. The molecule has 0 radical (unpaired) electrons. The summed E-state index contributed by atoms with van der Waals surface area (Å²) in [7, 11) is 0. The molecule has 1 aromatic heterocycles. The molecule has 0 aliphatic carbocycles. The van der Waals surface area contributed by atoms with Crippen LogP contribution in [0.4, 0.5) is 5.69 Å². The number of rotatable bonds is 5. The van der Waals surface area contributed by atoms with E-state index in [9.17, 15) is 4.79 Å². The van der Waals surface area contributed by atoms with E-state index in [0.717, 1.165) is 25.9 Å². The van der Waals surface area contributed by atoms with Crippen LogP contribution in [-0.4, -0.2) is 28.5 Å². The predicted molar refractivity (Wildman–Crippen MR) is 75.9 cm³/mol. The Labute approximate surface area is 117 Å². The van der Waals surface area contributed by atoms with E-state index < -0.39 is 0 Å². The molecule has 0 saturated carbocycles. The van der Waals surface area contributed by atoms with Gasteiger partial charge in [-0.25, -0.2) is 4.68 Å². The zero-order valence-corrected chi connectivity index (χ0v) is 12.1. The van der Waals surface area contributed by atoms with Crippen LogP contribution in [0.2, 0.25) is 5.02 Å². The average Bonchev–Trinajstić information content (AvgIpc) is 2.80. The highest BCUT2D eigenvalue weighted by molar-refractivity contribution is 6.32. The molecule has 1 saturated heterocycles. The van der Waals surface area contributed by atoms with Crippen molar-refractivity contribution in [2.24, 2.45) is 0 Å². The first-order valence-electron chi connectivity index (χ1n) is 6.77. The number of hydrogen-bond donors (Lipinski definition) is 1. The molecule has 6 heteroatoms. The van der Waals surface area contributed by atoms with Gasteiger partial charge in [-0.15, -0.1) is 0 Å². The summed E-state index contributed by atoms with van der Waals surface area (Å²) in [4.78, 5) is 12.0. The topological polar surface area (TPSA) is 56.1 Å². The highest BCUT2D eigenvalue weighted by Gasteiger charge is 2.25. The minimum absolute atomic E-state index is 0.124. The Bertz CT molecular complexity index is 489. The van der Waals surface area contributed by atoms with Crippen molar-refractivity contribution in [2.45, 2.75) is 51.8 Å². The summed E-state index contributed by atoms with van der Waals surface area (Å²) in [6, 6.07) is 0.185. The zero-order chi connectivity index (χ0) is 13.8. The quantitative estimate of drug-likeness (QED) is 0.902. The fraction of sp³-hybridized carbons (Fsp3) is 0.692. The van der Waals surface area contributed by atoms with Gasteiger partial charge in [-0.05, 0) is 19.8 Å². The lowest BCUT2D eigenvalue weighted by Gasteiger charge is -2.18. The maximum atomic E-state index is 12.0. The summed E-state index contributed by atoms with van der Waals surface area (Å²) >= 11 is 6.13. The van der Waals surface area contributed by atoms with E-state index in [1.54, 1.807) is 6.20 Å². The molecule has 0 bridgehead atoms. The Hall–Kier alpha value is -1.07. The number of halogens is 1. The lowest BCUT2D eigenvalue weighted by Crippen LogP contribution is -2.30. The first kappa shape index (κ1) is 14.3. The van der Waals surface area contributed by atoms with E-state index in [0.29, 0.717) is 12.2 Å². The van der Waals surface area contributed by atoms with Crippen LogP contribution in [0.25, 0.3) is 0 Å². The fourth-order valence-electron chi connectivity index (χ4n) is 2.15. The number of nitrogens with zero attached hydrogens (tertiary/aromatic N) is 2. The van der Waals surface area contributed by atoms with E-state index in [-0.39, 0.29) is 22.7 Å². The molecule has 1 aromatic rings. The molecule has 1 N–H and O–H groups in total. The van der Waals surface area contributed by atoms with E-state index >= 15 is 0 Å². The minimum atomic E-state index is -0.230. The Morgan fingerprint density at radius 1 is 1.63 bits per heavy atom. The van der Waals surface area contributed by atoms with Crippen LogP contribution < -0.4 is 10.9 Å². The monoisotopic (exact) mass is 285 g/mol. The number of unbranched alkanes of at least 4 members (excludes halogenated alkanes) is 1. The Balaban J connectivity index is 2.14. The molecule has 5 nitrogen and oxygen atoms in total. The summed E-state index contributed by atoms with van der Waals surface area (Å²) in [5.74, 6) is 0. The van der Waals surface area contributed by atoms with Gasteiger partial charge in [-0.3, -0.25) is 4.79 Å². The molecule has 1 fully saturated rings. The van der Waals surface area contributed by atoms with Gasteiger partial charge in [0.25, 0.3) is 5.56 Å². The van der Waals surface area contributed by atoms with Gasteiger partial charge in [-0.1, -0.05) is 24.9 Å². The van der Waals surface area contributed by atoms with Gasteiger partial charge in [0, 0.05) is 13.2 Å². The van der Waals surface area contributed by atoms with Crippen molar-refractivity contribution in [3.05, 3.63) is 21.6 Å². The van der Waals surface area contributed by atoms with Gasteiger partial charge in [-0.2, -0.15) is 5.10 Å². The van der Waals surface area contributed by atoms with Crippen molar-refractivity contribution in [3.8, 4) is 0 Å².